The standard InChI is InChI=1S/C8H7BrN10/c9-5-1-12-18(2-5)7-14-6(17-10)15-8(16-7)19-4-11-3-13-19/h1-4H,10H2,(H,14,15,16,17). The molecule has 11 heteroatoms. The number of hydrazine groups is 1. The molecule has 0 radical (unpaired) electrons. The highest BCUT2D eigenvalue weighted by molar-refractivity contribution is 9.10. The highest BCUT2D eigenvalue weighted by Gasteiger charge is 2.10. The third kappa shape index (κ3) is 2.28. The number of rotatable bonds is 3. The van der Waals surface area contributed by atoms with Gasteiger partial charge in [-0.1, -0.05) is 0 Å². The minimum absolute atomic E-state index is 0.196. The van der Waals surface area contributed by atoms with Gasteiger partial charge >= 0.3 is 0 Å². The normalized spacial score (nSPS) is 10.6. The van der Waals surface area contributed by atoms with Crippen molar-refractivity contribution in [3.8, 4) is 11.9 Å². The molecule has 0 aliphatic rings. The van der Waals surface area contributed by atoms with Crippen LogP contribution in [0.4, 0.5) is 5.95 Å². The first kappa shape index (κ1) is 11.7. The maximum Gasteiger partial charge on any atom is 0.258 e. The highest BCUT2D eigenvalue weighted by Crippen LogP contribution is 2.11. The Morgan fingerprint density at radius 3 is 2.47 bits per heavy atom. The largest absolute Gasteiger partial charge is 0.292 e. The summed E-state index contributed by atoms with van der Waals surface area (Å²) in [6.07, 6.45) is 6.18. The monoisotopic (exact) mass is 322 g/mol. The number of nitrogens with two attached hydrogens (primary N) is 1. The zero-order chi connectivity index (χ0) is 13.2. The van der Waals surface area contributed by atoms with E-state index in [0.717, 1.165) is 4.47 Å². The topological polar surface area (TPSA) is 125 Å². The zero-order valence-corrected chi connectivity index (χ0v) is 10.9. The van der Waals surface area contributed by atoms with Crippen LogP contribution in [0.5, 0.6) is 0 Å². The predicted octanol–water partition coefficient (Wildman–Crippen LogP) is -0.314. The molecular weight excluding hydrogens is 316 g/mol. The summed E-state index contributed by atoms with van der Waals surface area (Å²) in [5, 5.41) is 8.03. The fourth-order valence-electron chi connectivity index (χ4n) is 1.35. The van der Waals surface area contributed by atoms with Crippen LogP contribution in [-0.4, -0.2) is 39.5 Å². The van der Waals surface area contributed by atoms with Gasteiger partial charge < -0.3 is 0 Å². The molecule has 0 aliphatic carbocycles. The minimum atomic E-state index is 0.196. The van der Waals surface area contributed by atoms with Gasteiger partial charge in [0, 0.05) is 6.20 Å². The van der Waals surface area contributed by atoms with Crippen LogP contribution >= 0.6 is 15.9 Å². The Morgan fingerprint density at radius 2 is 1.89 bits per heavy atom. The molecule has 0 aliphatic heterocycles. The van der Waals surface area contributed by atoms with E-state index in [1.54, 1.807) is 12.4 Å². The van der Waals surface area contributed by atoms with Crippen LogP contribution in [0.2, 0.25) is 0 Å². The summed E-state index contributed by atoms with van der Waals surface area (Å²) in [5.41, 5.74) is 2.37. The third-order valence-electron chi connectivity index (χ3n) is 2.12. The Bertz CT molecular complexity index is 689. The number of halogens is 1. The molecule has 0 spiro atoms. The van der Waals surface area contributed by atoms with Gasteiger partial charge in [-0.3, -0.25) is 5.43 Å². The lowest BCUT2D eigenvalue weighted by molar-refractivity contribution is 0.745. The first-order valence-electron chi connectivity index (χ1n) is 5.04. The summed E-state index contributed by atoms with van der Waals surface area (Å²) in [5.74, 6) is 6.12. The Kier molecular flexibility index (Phi) is 2.89. The number of hydrogen-bond donors (Lipinski definition) is 2. The fourth-order valence-corrected chi connectivity index (χ4v) is 1.63. The second-order valence-corrected chi connectivity index (χ2v) is 4.26. The van der Waals surface area contributed by atoms with Crippen LogP contribution in [0.3, 0.4) is 0 Å². The van der Waals surface area contributed by atoms with Crippen molar-refractivity contribution in [3.63, 3.8) is 0 Å². The van der Waals surface area contributed by atoms with Gasteiger partial charge in [0.1, 0.15) is 12.7 Å². The maximum atomic E-state index is 5.34. The predicted molar refractivity (Wildman–Crippen MR) is 67.4 cm³/mol. The molecule has 19 heavy (non-hydrogen) atoms. The lowest BCUT2D eigenvalue weighted by Gasteiger charge is -2.05. The first-order valence-corrected chi connectivity index (χ1v) is 5.84. The summed E-state index contributed by atoms with van der Waals surface area (Å²) in [6.45, 7) is 0. The molecule has 3 rings (SSSR count). The molecule has 3 aromatic heterocycles. The van der Waals surface area contributed by atoms with Crippen molar-refractivity contribution >= 4 is 21.9 Å². The van der Waals surface area contributed by atoms with Gasteiger partial charge in [-0.05, 0) is 15.9 Å². The van der Waals surface area contributed by atoms with Crippen LogP contribution in [0.25, 0.3) is 11.9 Å². The van der Waals surface area contributed by atoms with Gasteiger partial charge in [-0.25, -0.2) is 15.5 Å². The average molecular weight is 323 g/mol. The van der Waals surface area contributed by atoms with Crippen LogP contribution in [0, 0.1) is 0 Å². The van der Waals surface area contributed by atoms with Crippen molar-refractivity contribution in [3.05, 3.63) is 29.5 Å². The van der Waals surface area contributed by atoms with Crippen molar-refractivity contribution in [2.24, 2.45) is 5.84 Å². The molecule has 0 aromatic carbocycles. The molecule has 3 aromatic rings. The Hall–Kier alpha value is -2.40. The van der Waals surface area contributed by atoms with E-state index in [1.165, 1.54) is 22.0 Å². The quantitative estimate of drug-likeness (QED) is 0.496. The molecule has 10 nitrogen and oxygen atoms in total. The SMILES string of the molecule is NNc1nc(-n2cncn2)nc(-n2cc(Br)cn2)n1. The lowest BCUT2D eigenvalue weighted by atomic mass is 10.7. The number of nitrogen functional groups attached to an aromatic ring is 1. The van der Waals surface area contributed by atoms with Crippen molar-refractivity contribution in [1.82, 2.24) is 39.5 Å². The van der Waals surface area contributed by atoms with Crippen molar-refractivity contribution < 1.29 is 0 Å². The van der Waals surface area contributed by atoms with E-state index in [2.05, 4.69) is 51.5 Å². The van der Waals surface area contributed by atoms with E-state index in [4.69, 9.17) is 5.84 Å². The van der Waals surface area contributed by atoms with E-state index < -0.39 is 0 Å². The van der Waals surface area contributed by atoms with Crippen LogP contribution in [0.1, 0.15) is 0 Å². The lowest BCUT2D eigenvalue weighted by Crippen LogP contribution is -2.16. The number of nitrogens with one attached hydrogen (secondary N) is 1. The van der Waals surface area contributed by atoms with Crippen molar-refractivity contribution in [2.45, 2.75) is 0 Å². The summed E-state index contributed by atoms with van der Waals surface area (Å²) >= 11 is 3.30. The second-order valence-electron chi connectivity index (χ2n) is 3.35. The molecular formula is C8H7BrN10. The van der Waals surface area contributed by atoms with Crippen molar-refractivity contribution in [1.29, 1.82) is 0 Å². The molecule has 0 fully saturated rings. The molecule has 3 heterocycles. The van der Waals surface area contributed by atoms with E-state index in [0.29, 0.717) is 5.95 Å². The summed E-state index contributed by atoms with van der Waals surface area (Å²) < 4.78 is 3.68. The zero-order valence-electron chi connectivity index (χ0n) is 9.34. The van der Waals surface area contributed by atoms with Gasteiger partial charge in [0.05, 0.1) is 10.7 Å². The molecule has 3 N–H and O–H groups in total. The number of hydrogen-bond acceptors (Lipinski definition) is 8. The average Bonchev–Trinajstić information content (AvgIpc) is 3.09. The third-order valence-corrected chi connectivity index (χ3v) is 2.53. The second kappa shape index (κ2) is 4.70. The highest BCUT2D eigenvalue weighted by atomic mass is 79.9. The Balaban J connectivity index is 2.12. The van der Waals surface area contributed by atoms with Gasteiger partial charge in [0.15, 0.2) is 0 Å². The number of aromatic nitrogens is 8. The summed E-state index contributed by atoms with van der Waals surface area (Å²) in [7, 11) is 0. The molecule has 96 valence electrons. The van der Waals surface area contributed by atoms with Crippen LogP contribution in [-0.2, 0) is 0 Å². The van der Waals surface area contributed by atoms with E-state index in [1.807, 2.05) is 0 Å². The smallest absolute Gasteiger partial charge is 0.258 e. The van der Waals surface area contributed by atoms with Crippen LogP contribution in [0.15, 0.2) is 29.5 Å². The van der Waals surface area contributed by atoms with Gasteiger partial charge in [-0.15, -0.1) is 0 Å². The first-order chi connectivity index (χ1) is 9.26. The Labute approximate surface area is 114 Å². The molecule has 0 unspecified atom stereocenters. The van der Waals surface area contributed by atoms with Gasteiger partial charge in [-0.2, -0.15) is 29.8 Å². The fraction of sp³-hybridized carbons (Fsp3) is 0. The van der Waals surface area contributed by atoms with Gasteiger partial charge in [0.25, 0.3) is 11.9 Å². The maximum absolute atomic E-state index is 5.34. The van der Waals surface area contributed by atoms with E-state index in [9.17, 15) is 0 Å². The van der Waals surface area contributed by atoms with Crippen molar-refractivity contribution in [2.75, 3.05) is 5.43 Å². The summed E-state index contributed by atoms with van der Waals surface area (Å²) in [4.78, 5) is 16.2. The van der Waals surface area contributed by atoms with Gasteiger partial charge in [0.2, 0.25) is 5.95 Å². The molecule has 0 atom stereocenters. The summed E-state index contributed by atoms with van der Waals surface area (Å²) in [6, 6.07) is 0. The van der Waals surface area contributed by atoms with Crippen LogP contribution < -0.4 is 11.3 Å². The molecule has 0 saturated heterocycles. The Morgan fingerprint density at radius 1 is 1.11 bits per heavy atom. The minimum Gasteiger partial charge on any atom is -0.292 e. The molecule has 0 amide bonds. The number of anilines is 1. The van der Waals surface area contributed by atoms with E-state index >= 15 is 0 Å². The molecule has 0 saturated carbocycles. The molecule has 0 bridgehead atoms. The van der Waals surface area contributed by atoms with E-state index in [-0.39, 0.29) is 11.9 Å². The number of nitrogens with zero attached hydrogens (tertiary/aromatic N) is 8.